The highest BCUT2D eigenvalue weighted by atomic mass is 16.1. The minimum atomic E-state index is -0.434. The van der Waals surface area contributed by atoms with Crippen molar-refractivity contribution in [3.8, 4) is 6.07 Å². The molecule has 3 aromatic rings. The molecule has 2 fully saturated rings. The van der Waals surface area contributed by atoms with Gasteiger partial charge in [-0.1, -0.05) is 36.4 Å². The fourth-order valence-electron chi connectivity index (χ4n) is 5.32. The molecule has 0 aliphatic carbocycles. The zero-order valence-electron chi connectivity index (χ0n) is 16.3. The van der Waals surface area contributed by atoms with Crippen LogP contribution in [0.25, 0.3) is 10.9 Å². The number of piperidine rings is 1. The van der Waals surface area contributed by atoms with Crippen molar-refractivity contribution in [2.75, 3.05) is 0 Å². The van der Waals surface area contributed by atoms with Gasteiger partial charge in [0.2, 0.25) is 5.91 Å². The maximum absolute atomic E-state index is 11.7. The van der Waals surface area contributed by atoms with E-state index >= 15 is 0 Å². The molecule has 2 saturated heterocycles. The number of nitrogens with zero attached hydrogens (tertiary/aromatic N) is 3. The highest BCUT2D eigenvalue weighted by Crippen LogP contribution is 2.43. The summed E-state index contributed by atoms with van der Waals surface area (Å²) in [5.74, 6) is -0.434. The number of benzene rings is 2. The molecule has 146 valence electrons. The van der Waals surface area contributed by atoms with Crippen LogP contribution in [-0.2, 0) is 6.54 Å². The normalized spacial score (nSPS) is 23.9. The standard InChI is InChI=1S/C24H24N4O/c25-13-18-15-28(23-10-17(24(26)29)6-9-22(18)23)21-11-19-7-8-20(12-21)27(19)14-16-4-2-1-3-5-16/h1-6,9-10,15,19-21H,7-8,11-12,14H2,(H2,26,29)/t19-,20+,21?. The largest absolute Gasteiger partial charge is 0.366 e. The lowest BCUT2D eigenvalue weighted by molar-refractivity contribution is 0.0997. The predicted octanol–water partition coefficient (Wildman–Crippen LogP) is 3.98. The number of fused-ring (bicyclic) bond motifs is 3. The number of aromatic nitrogens is 1. The van der Waals surface area contributed by atoms with Crippen LogP contribution in [0.4, 0.5) is 0 Å². The molecular formula is C24H24N4O. The molecule has 5 nitrogen and oxygen atoms in total. The number of carbonyl (C=O) groups is 1. The van der Waals surface area contributed by atoms with Crippen LogP contribution in [0.15, 0.2) is 54.7 Å². The van der Waals surface area contributed by atoms with Gasteiger partial charge in [-0.2, -0.15) is 5.26 Å². The molecule has 0 spiro atoms. The minimum absolute atomic E-state index is 0.340. The quantitative estimate of drug-likeness (QED) is 0.739. The van der Waals surface area contributed by atoms with Crippen LogP contribution in [0, 0.1) is 11.3 Å². The molecular weight excluding hydrogens is 360 g/mol. The summed E-state index contributed by atoms with van der Waals surface area (Å²) in [5, 5.41) is 10.5. The van der Waals surface area contributed by atoms with Crippen molar-refractivity contribution in [1.82, 2.24) is 9.47 Å². The number of hydrogen-bond donors (Lipinski definition) is 1. The van der Waals surface area contributed by atoms with E-state index < -0.39 is 5.91 Å². The molecule has 2 aromatic carbocycles. The summed E-state index contributed by atoms with van der Waals surface area (Å²) in [7, 11) is 0. The van der Waals surface area contributed by atoms with Gasteiger partial charge in [0.15, 0.2) is 0 Å². The summed E-state index contributed by atoms with van der Waals surface area (Å²) >= 11 is 0. The van der Waals surface area contributed by atoms with Gasteiger partial charge in [0.1, 0.15) is 6.07 Å². The molecule has 3 atom stereocenters. The van der Waals surface area contributed by atoms with Crippen LogP contribution in [-0.4, -0.2) is 27.5 Å². The summed E-state index contributed by atoms with van der Waals surface area (Å²) in [6.07, 6.45) is 6.56. The molecule has 5 heteroatoms. The predicted molar refractivity (Wildman–Crippen MR) is 112 cm³/mol. The highest BCUT2D eigenvalue weighted by Gasteiger charge is 2.41. The average molecular weight is 384 g/mol. The van der Waals surface area contributed by atoms with E-state index in [2.05, 4.69) is 45.9 Å². The second-order valence-electron chi connectivity index (χ2n) is 8.33. The van der Waals surface area contributed by atoms with E-state index in [4.69, 9.17) is 5.73 Å². The average Bonchev–Trinajstić information content (AvgIpc) is 3.21. The number of primary amides is 1. The Morgan fingerprint density at radius 3 is 2.45 bits per heavy atom. The van der Waals surface area contributed by atoms with Crippen LogP contribution in [0.1, 0.15) is 53.2 Å². The lowest BCUT2D eigenvalue weighted by Crippen LogP contribution is -2.42. The molecule has 0 saturated carbocycles. The maximum Gasteiger partial charge on any atom is 0.248 e. The first-order chi connectivity index (χ1) is 14.1. The SMILES string of the molecule is N#Cc1cn(C2C[C@H]3CC[C@@H](C2)N3Cc2ccccc2)c2cc(C(N)=O)ccc12. The first kappa shape index (κ1) is 18.0. The van der Waals surface area contributed by atoms with Crippen molar-refractivity contribution in [3.63, 3.8) is 0 Å². The summed E-state index contributed by atoms with van der Waals surface area (Å²) < 4.78 is 2.23. The van der Waals surface area contributed by atoms with Gasteiger partial charge in [-0.3, -0.25) is 9.69 Å². The zero-order valence-corrected chi connectivity index (χ0v) is 16.3. The number of nitrogens with two attached hydrogens (primary N) is 1. The topological polar surface area (TPSA) is 75.1 Å². The number of carbonyl (C=O) groups excluding carboxylic acids is 1. The van der Waals surface area contributed by atoms with Crippen LogP contribution in [0.5, 0.6) is 0 Å². The summed E-state index contributed by atoms with van der Waals surface area (Å²) in [5.41, 5.74) is 8.96. The summed E-state index contributed by atoms with van der Waals surface area (Å²) in [4.78, 5) is 14.3. The number of amides is 1. The Hall–Kier alpha value is -3.10. The molecule has 2 aliphatic heterocycles. The van der Waals surface area contributed by atoms with Crippen molar-refractivity contribution in [2.24, 2.45) is 5.73 Å². The fraction of sp³-hybridized carbons (Fsp3) is 0.333. The molecule has 1 unspecified atom stereocenters. The van der Waals surface area contributed by atoms with Gasteiger partial charge in [-0.05, 0) is 43.4 Å². The fourth-order valence-corrected chi connectivity index (χ4v) is 5.32. The third-order valence-corrected chi connectivity index (χ3v) is 6.70. The van der Waals surface area contributed by atoms with E-state index in [9.17, 15) is 10.1 Å². The first-order valence-electron chi connectivity index (χ1n) is 10.3. The van der Waals surface area contributed by atoms with E-state index in [1.54, 1.807) is 6.07 Å². The van der Waals surface area contributed by atoms with Crippen LogP contribution in [0.2, 0.25) is 0 Å². The Bertz CT molecular complexity index is 1100. The number of hydrogen-bond acceptors (Lipinski definition) is 3. The van der Waals surface area contributed by atoms with Gasteiger partial charge < -0.3 is 10.3 Å². The Balaban J connectivity index is 1.46. The summed E-state index contributed by atoms with van der Waals surface area (Å²) in [6.45, 7) is 1.00. The zero-order chi connectivity index (χ0) is 20.0. The lowest BCUT2D eigenvalue weighted by Gasteiger charge is -2.39. The van der Waals surface area contributed by atoms with Crippen molar-refractivity contribution < 1.29 is 4.79 Å². The van der Waals surface area contributed by atoms with Crippen molar-refractivity contribution >= 4 is 16.8 Å². The molecule has 0 radical (unpaired) electrons. The number of nitriles is 1. The Morgan fingerprint density at radius 2 is 1.79 bits per heavy atom. The monoisotopic (exact) mass is 384 g/mol. The minimum Gasteiger partial charge on any atom is -0.366 e. The molecule has 1 amide bonds. The van der Waals surface area contributed by atoms with Crippen molar-refractivity contribution in [3.05, 3.63) is 71.4 Å². The van der Waals surface area contributed by atoms with Gasteiger partial charge in [0.05, 0.1) is 11.1 Å². The van der Waals surface area contributed by atoms with Crippen molar-refractivity contribution in [1.29, 1.82) is 5.26 Å². The van der Waals surface area contributed by atoms with Gasteiger partial charge in [0, 0.05) is 41.8 Å². The van der Waals surface area contributed by atoms with Gasteiger partial charge in [0.25, 0.3) is 0 Å². The molecule has 2 aliphatic rings. The lowest BCUT2D eigenvalue weighted by atomic mass is 9.96. The van der Waals surface area contributed by atoms with Crippen LogP contribution < -0.4 is 5.73 Å². The Kier molecular flexibility index (Phi) is 4.37. The van der Waals surface area contributed by atoms with Crippen molar-refractivity contribution in [2.45, 2.75) is 50.4 Å². The van der Waals surface area contributed by atoms with E-state index in [0.717, 1.165) is 30.3 Å². The third kappa shape index (κ3) is 3.10. The first-order valence-corrected chi connectivity index (χ1v) is 10.3. The van der Waals surface area contributed by atoms with Gasteiger partial charge in [-0.15, -0.1) is 0 Å². The highest BCUT2D eigenvalue weighted by molar-refractivity contribution is 5.98. The smallest absolute Gasteiger partial charge is 0.248 e. The Labute approximate surface area is 170 Å². The van der Waals surface area contributed by atoms with Crippen LogP contribution in [0.3, 0.4) is 0 Å². The maximum atomic E-state index is 11.7. The van der Waals surface area contributed by atoms with Crippen LogP contribution >= 0.6 is 0 Å². The molecule has 29 heavy (non-hydrogen) atoms. The van der Waals surface area contributed by atoms with E-state index in [1.165, 1.54) is 18.4 Å². The number of rotatable bonds is 4. The van der Waals surface area contributed by atoms with E-state index in [0.29, 0.717) is 29.3 Å². The van der Waals surface area contributed by atoms with E-state index in [-0.39, 0.29) is 0 Å². The molecule has 3 heterocycles. The molecule has 1 aromatic heterocycles. The molecule has 2 N–H and O–H groups in total. The van der Waals surface area contributed by atoms with E-state index in [1.807, 2.05) is 18.3 Å². The second kappa shape index (κ2) is 7.06. The second-order valence-corrected chi connectivity index (χ2v) is 8.33. The molecule has 5 rings (SSSR count). The Morgan fingerprint density at radius 1 is 1.07 bits per heavy atom. The summed E-state index contributed by atoms with van der Waals surface area (Å²) in [6, 6.07) is 19.9. The molecule has 2 bridgehead atoms. The third-order valence-electron chi connectivity index (χ3n) is 6.70. The van der Waals surface area contributed by atoms with Gasteiger partial charge >= 0.3 is 0 Å². The van der Waals surface area contributed by atoms with Gasteiger partial charge in [-0.25, -0.2) is 0 Å².